The summed E-state index contributed by atoms with van der Waals surface area (Å²) < 4.78 is 4.49. The first kappa shape index (κ1) is 8.27. The molecule has 1 N–H and O–H groups in total. The molecular weight excluding hydrogens is 144 g/mol. The van der Waals surface area contributed by atoms with Gasteiger partial charge >= 0.3 is 5.97 Å². The lowest BCUT2D eigenvalue weighted by molar-refractivity contribution is -0.137. The smallest absolute Gasteiger partial charge is 0.336 e. The van der Waals surface area contributed by atoms with Crippen molar-refractivity contribution in [1.82, 2.24) is 0 Å². The van der Waals surface area contributed by atoms with E-state index in [-0.39, 0.29) is 0 Å². The molecule has 3 heteroatoms. The molecule has 0 radical (unpaired) electrons. The molecule has 0 amide bonds. The standard InChI is InChI=1S/C8H12O3/c1-11-8(10)6-4-2-3-5-7(6)9/h4,7,9H,2-3,5H2,1H3. The first-order valence-corrected chi connectivity index (χ1v) is 3.72. The van der Waals surface area contributed by atoms with Crippen LogP contribution in [0.3, 0.4) is 0 Å². The van der Waals surface area contributed by atoms with Crippen LogP contribution in [-0.4, -0.2) is 24.3 Å². The average Bonchev–Trinajstić information content (AvgIpc) is 2.04. The van der Waals surface area contributed by atoms with Crippen molar-refractivity contribution in [2.75, 3.05) is 7.11 Å². The summed E-state index contributed by atoms with van der Waals surface area (Å²) in [4.78, 5) is 10.9. The number of hydrogen-bond donors (Lipinski definition) is 1. The van der Waals surface area contributed by atoms with Gasteiger partial charge < -0.3 is 9.84 Å². The summed E-state index contributed by atoms with van der Waals surface area (Å²) >= 11 is 0. The summed E-state index contributed by atoms with van der Waals surface area (Å²) in [5, 5.41) is 9.30. The summed E-state index contributed by atoms with van der Waals surface area (Å²) in [6.07, 6.45) is 3.61. The highest BCUT2D eigenvalue weighted by molar-refractivity contribution is 5.89. The normalized spacial score (nSPS) is 24.2. The third-order valence-corrected chi connectivity index (χ3v) is 1.83. The van der Waals surface area contributed by atoms with Crippen molar-refractivity contribution >= 4 is 5.97 Å². The Morgan fingerprint density at radius 2 is 2.55 bits per heavy atom. The molecule has 1 unspecified atom stereocenters. The largest absolute Gasteiger partial charge is 0.466 e. The lowest BCUT2D eigenvalue weighted by atomic mass is 9.97. The number of aliphatic hydroxyl groups excluding tert-OH is 1. The van der Waals surface area contributed by atoms with Gasteiger partial charge in [-0.2, -0.15) is 0 Å². The molecule has 0 aromatic rings. The number of rotatable bonds is 1. The third kappa shape index (κ3) is 1.80. The topological polar surface area (TPSA) is 46.5 Å². The van der Waals surface area contributed by atoms with Gasteiger partial charge in [-0.05, 0) is 19.3 Å². The first-order chi connectivity index (χ1) is 5.25. The Hall–Kier alpha value is -0.830. The highest BCUT2D eigenvalue weighted by Crippen LogP contribution is 2.18. The van der Waals surface area contributed by atoms with Gasteiger partial charge in [0, 0.05) is 0 Å². The lowest BCUT2D eigenvalue weighted by Crippen LogP contribution is -2.21. The first-order valence-electron chi connectivity index (χ1n) is 3.72. The van der Waals surface area contributed by atoms with E-state index >= 15 is 0 Å². The molecule has 0 saturated heterocycles. The zero-order chi connectivity index (χ0) is 8.27. The number of carbonyl (C=O) groups is 1. The zero-order valence-electron chi connectivity index (χ0n) is 6.54. The Kier molecular flexibility index (Phi) is 2.65. The Labute approximate surface area is 65.7 Å². The van der Waals surface area contributed by atoms with Crippen LogP contribution < -0.4 is 0 Å². The van der Waals surface area contributed by atoms with Gasteiger partial charge in [-0.15, -0.1) is 0 Å². The van der Waals surface area contributed by atoms with Gasteiger partial charge in [-0.3, -0.25) is 0 Å². The lowest BCUT2D eigenvalue weighted by Gasteiger charge is -2.16. The van der Waals surface area contributed by atoms with Crippen LogP contribution in [0.5, 0.6) is 0 Å². The van der Waals surface area contributed by atoms with Crippen LogP contribution in [0, 0.1) is 0 Å². The van der Waals surface area contributed by atoms with E-state index in [1.807, 2.05) is 0 Å². The maximum atomic E-state index is 10.9. The molecule has 0 aliphatic heterocycles. The second-order valence-corrected chi connectivity index (χ2v) is 2.60. The maximum absolute atomic E-state index is 10.9. The minimum absolute atomic E-state index is 0.405. The van der Waals surface area contributed by atoms with Crippen LogP contribution in [0.15, 0.2) is 11.6 Å². The molecule has 1 aliphatic carbocycles. The van der Waals surface area contributed by atoms with E-state index in [4.69, 9.17) is 0 Å². The highest BCUT2D eigenvalue weighted by atomic mass is 16.5. The van der Waals surface area contributed by atoms with Gasteiger partial charge in [0.05, 0.1) is 18.8 Å². The summed E-state index contributed by atoms with van der Waals surface area (Å²) in [5.74, 6) is -0.405. The zero-order valence-corrected chi connectivity index (χ0v) is 6.54. The van der Waals surface area contributed by atoms with Crippen LogP contribution >= 0.6 is 0 Å². The van der Waals surface area contributed by atoms with Crippen LogP contribution in [-0.2, 0) is 9.53 Å². The third-order valence-electron chi connectivity index (χ3n) is 1.83. The van der Waals surface area contributed by atoms with Gasteiger partial charge in [0.15, 0.2) is 0 Å². The van der Waals surface area contributed by atoms with Gasteiger partial charge in [-0.25, -0.2) is 4.79 Å². The van der Waals surface area contributed by atoms with Crippen LogP contribution in [0.25, 0.3) is 0 Å². The molecule has 0 bridgehead atoms. The van der Waals surface area contributed by atoms with Crippen molar-refractivity contribution in [2.24, 2.45) is 0 Å². The predicted octanol–water partition coefficient (Wildman–Crippen LogP) is 0.631. The van der Waals surface area contributed by atoms with Gasteiger partial charge in [-0.1, -0.05) is 6.08 Å². The fourth-order valence-corrected chi connectivity index (χ4v) is 1.20. The summed E-state index contributed by atoms with van der Waals surface area (Å²) in [5.41, 5.74) is 0.416. The monoisotopic (exact) mass is 156 g/mol. The molecular formula is C8H12O3. The SMILES string of the molecule is COC(=O)C1=CCCCC1O. The summed E-state index contributed by atoms with van der Waals surface area (Å²) in [6, 6.07) is 0. The molecule has 1 rings (SSSR count). The van der Waals surface area contributed by atoms with E-state index in [9.17, 15) is 9.90 Å². The van der Waals surface area contributed by atoms with Crippen molar-refractivity contribution in [2.45, 2.75) is 25.4 Å². The average molecular weight is 156 g/mol. The van der Waals surface area contributed by atoms with Crippen LogP contribution in [0.2, 0.25) is 0 Å². The van der Waals surface area contributed by atoms with E-state index in [0.717, 1.165) is 12.8 Å². The van der Waals surface area contributed by atoms with Gasteiger partial charge in [0.2, 0.25) is 0 Å². The van der Waals surface area contributed by atoms with Crippen molar-refractivity contribution in [3.8, 4) is 0 Å². The van der Waals surface area contributed by atoms with E-state index in [1.165, 1.54) is 7.11 Å². The molecule has 62 valence electrons. The molecule has 0 aromatic heterocycles. The van der Waals surface area contributed by atoms with Crippen molar-refractivity contribution in [1.29, 1.82) is 0 Å². The van der Waals surface area contributed by atoms with Crippen LogP contribution in [0.4, 0.5) is 0 Å². The molecule has 0 spiro atoms. The summed E-state index contributed by atoms with van der Waals surface area (Å²) in [7, 11) is 1.32. The van der Waals surface area contributed by atoms with Crippen molar-refractivity contribution in [3.63, 3.8) is 0 Å². The highest BCUT2D eigenvalue weighted by Gasteiger charge is 2.21. The molecule has 1 atom stereocenters. The van der Waals surface area contributed by atoms with E-state index in [0.29, 0.717) is 12.0 Å². The number of allylic oxidation sites excluding steroid dienone is 1. The molecule has 11 heavy (non-hydrogen) atoms. The Morgan fingerprint density at radius 3 is 3.09 bits per heavy atom. The number of carbonyl (C=O) groups excluding carboxylic acids is 1. The Morgan fingerprint density at radius 1 is 1.82 bits per heavy atom. The molecule has 0 aromatic carbocycles. The summed E-state index contributed by atoms with van der Waals surface area (Å²) in [6.45, 7) is 0. The number of methoxy groups -OCH3 is 1. The fourth-order valence-electron chi connectivity index (χ4n) is 1.20. The van der Waals surface area contributed by atoms with Crippen LogP contribution in [0.1, 0.15) is 19.3 Å². The minimum Gasteiger partial charge on any atom is -0.466 e. The van der Waals surface area contributed by atoms with Gasteiger partial charge in [0.1, 0.15) is 0 Å². The van der Waals surface area contributed by atoms with E-state index in [1.54, 1.807) is 6.08 Å². The second kappa shape index (κ2) is 3.53. The second-order valence-electron chi connectivity index (χ2n) is 2.60. The van der Waals surface area contributed by atoms with Crippen molar-refractivity contribution in [3.05, 3.63) is 11.6 Å². The minimum atomic E-state index is -0.615. The van der Waals surface area contributed by atoms with Gasteiger partial charge in [0.25, 0.3) is 0 Å². The van der Waals surface area contributed by atoms with E-state index in [2.05, 4.69) is 4.74 Å². The molecule has 0 saturated carbocycles. The number of esters is 1. The number of ether oxygens (including phenoxy) is 1. The van der Waals surface area contributed by atoms with Crippen molar-refractivity contribution < 1.29 is 14.6 Å². The number of hydrogen-bond acceptors (Lipinski definition) is 3. The molecule has 0 fully saturated rings. The molecule has 1 aliphatic rings. The Balaban J connectivity index is 2.67. The fraction of sp³-hybridized carbons (Fsp3) is 0.625. The molecule has 0 heterocycles. The maximum Gasteiger partial charge on any atom is 0.336 e. The predicted molar refractivity (Wildman–Crippen MR) is 40.0 cm³/mol. The van der Waals surface area contributed by atoms with E-state index < -0.39 is 12.1 Å². The number of aliphatic hydroxyl groups is 1. The quantitative estimate of drug-likeness (QED) is 0.566. The molecule has 3 nitrogen and oxygen atoms in total. The Bertz CT molecular complexity index is 184.